The number of carbonyl (C=O) groups is 1. The molecule has 4 rings (SSSR count). The van der Waals surface area contributed by atoms with E-state index in [0.29, 0.717) is 20.7 Å². The smallest absolute Gasteiger partial charge is 0.417 e. The molecule has 4 nitrogen and oxygen atoms in total. The van der Waals surface area contributed by atoms with Crippen LogP contribution < -0.4 is 9.64 Å². The summed E-state index contributed by atoms with van der Waals surface area (Å²) in [5.41, 5.74) is -0.270. The Morgan fingerprint density at radius 2 is 1.77 bits per heavy atom. The van der Waals surface area contributed by atoms with Crippen molar-refractivity contribution in [2.45, 2.75) is 6.18 Å². The third-order valence-corrected chi connectivity index (χ3v) is 5.82. The number of ether oxygens (including phenoxy) is 1. The number of alkyl halides is 3. The number of methoxy groups -OCH3 is 1. The molecule has 0 radical (unpaired) electrons. The van der Waals surface area contributed by atoms with Crippen LogP contribution in [0.25, 0.3) is 17.4 Å². The van der Waals surface area contributed by atoms with E-state index in [1.54, 1.807) is 31.4 Å². The Kier molecular flexibility index (Phi) is 5.63. The van der Waals surface area contributed by atoms with Crippen molar-refractivity contribution < 1.29 is 27.1 Å². The highest BCUT2D eigenvalue weighted by Crippen LogP contribution is 2.39. The summed E-state index contributed by atoms with van der Waals surface area (Å²) in [7, 11) is 1.54. The number of carbonyl (C=O) groups excluding carboxylic acids is 1. The monoisotopic (exact) mass is 461 g/mol. The number of hydrogen-bond donors (Lipinski definition) is 0. The number of thioether (sulfide) groups is 1. The van der Waals surface area contributed by atoms with E-state index in [1.807, 2.05) is 0 Å². The van der Waals surface area contributed by atoms with E-state index in [-0.39, 0.29) is 23.0 Å². The number of anilines is 1. The van der Waals surface area contributed by atoms with Gasteiger partial charge in [-0.1, -0.05) is 42.2 Å². The van der Waals surface area contributed by atoms with Crippen LogP contribution in [0.15, 0.2) is 70.0 Å². The standard InChI is InChI=1S/C22H14F3NO3S2/c1-28-14-8-6-13(7-9-14)26-20(27)19(31-21(26)30)12-15-10-11-18(29-15)16-4-2-3-5-17(16)22(23,24)25/h2-12H,1H3/b19-12-. The van der Waals surface area contributed by atoms with E-state index in [0.717, 1.165) is 17.8 Å². The second kappa shape index (κ2) is 8.24. The van der Waals surface area contributed by atoms with E-state index >= 15 is 0 Å². The van der Waals surface area contributed by atoms with Crippen molar-refractivity contribution in [2.24, 2.45) is 0 Å². The molecule has 2 aromatic carbocycles. The summed E-state index contributed by atoms with van der Waals surface area (Å²) in [6.45, 7) is 0. The molecule has 1 aliphatic rings. The Morgan fingerprint density at radius 3 is 2.45 bits per heavy atom. The van der Waals surface area contributed by atoms with Gasteiger partial charge < -0.3 is 9.15 Å². The van der Waals surface area contributed by atoms with Gasteiger partial charge in [0, 0.05) is 11.6 Å². The van der Waals surface area contributed by atoms with Crippen LogP contribution in [0.3, 0.4) is 0 Å². The topological polar surface area (TPSA) is 42.7 Å². The van der Waals surface area contributed by atoms with Gasteiger partial charge in [-0.2, -0.15) is 13.2 Å². The fraction of sp³-hybridized carbons (Fsp3) is 0.0909. The van der Waals surface area contributed by atoms with Gasteiger partial charge in [0.25, 0.3) is 5.91 Å². The number of hydrogen-bond acceptors (Lipinski definition) is 5. The summed E-state index contributed by atoms with van der Waals surface area (Å²) in [4.78, 5) is 14.6. The molecule has 1 amide bonds. The van der Waals surface area contributed by atoms with Gasteiger partial charge >= 0.3 is 6.18 Å². The normalized spacial score (nSPS) is 15.7. The van der Waals surface area contributed by atoms with Gasteiger partial charge in [-0.15, -0.1) is 0 Å². The molecule has 31 heavy (non-hydrogen) atoms. The molecular formula is C22H14F3NO3S2. The van der Waals surface area contributed by atoms with Gasteiger partial charge in [0.2, 0.25) is 0 Å². The number of thiocarbonyl (C=S) groups is 1. The fourth-order valence-electron chi connectivity index (χ4n) is 3.07. The van der Waals surface area contributed by atoms with Crippen LogP contribution in [0.2, 0.25) is 0 Å². The summed E-state index contributed by atoms with van der Waals surface area (Å²) in [5, 5.41) is 0. The van der Waals surface area contributed by atoms with Gasteiger partial charge in [-0.25, -0.2) is 0 Å². The summed E-state index contributed by atoms with van der Waals surface area (Å²) in [5.74, 6) is 0.618. The molecule has 2 heterocycles. The first-order chi connectivity index (χ1) is 14.8. The average Bonchev–Trinajstić information content (AvgIpc) is 3.32. The van der Waals surface area contributed by atoms with Crippen molar-refractivity contribution in [3.8, 4) is 17.1 Å². The number of halogens is 3. The van der Waals surface area contributed by atoms with Crippen LogP contribution in [0.5, 0.6) is 5.75 Å². The zero-order valence-electron chi connectivity index (χ0n) is 16.0. The molecule has 1 aromatic heterocycles. The van der Waals surface area contributed by atoms with Crippen molar-refractivity contribution in [2.75, 3.05) is 12.0 Å². The Bertz CT molecular complexity index is 1180. The van der Waals surface area contributed by atoms with E-state index in [4.69, 9.17) is 21.4 Å². The third kappa shape index (κ3) is 4.24. The lowest BCUT2D eigenvalue weighted by Crippen LogP contribution is -2.27. The second-order valence-corrected chi connectivity index (χ2v) is 8.14. The van der Waals surface area contributed by atoms with Gasteiger partial charge in [0.15, 0.2) is 4.32 Å². The summed E-state index contributed by atoms with van der Waals surface area (Å²) in [6, 6.07) is 15.0. The minimum atomic E-state index is -4.51. The van der Waals surface area contributed by atoms with E-state index in [1.165, 1.54) is 41.3 Å². The van der Waals surface area contributed by atoms with Gasteiger partial charge in [-0.3, -0.25) is 9.69 Å². The first kappa shape index (κ1) is 21.2. The largest absolute Gasteiger partial charge is 0.497 e. The molecule has 1 saturated heterocycles. The Balaban J connectivity index is 1.62. The molecule has 0 N–H and O–H groups in total. The molecule has 1 aliphatic heterocycles. The molecule has 0 aliphatic carbocycles. The molecule has 0 saturated carbocycles. The quantitative estimate of drug-likeness (QED) is 0.333. The Morgan fingerprint density at radius 1 is 1.06 bits per heavy atom. The number of furan rings is 1. The molecule has 0 unspecified atom stereocenters. The molecule has 158 valence electrons. The first-order valence-electron chi connectivity index (χ1n) is 8.96. The highest BCUT2D eigenvalue weighted by molar-refractivity contribution is 8.27. The predicted molar refractivity (Wildman–Crippen MR) is 118 cm³/mol. The summed E-state index contributed by atoms with van der Waals surface area (Å²) < 4.78 is 50.9. The highest BCUT2D eigenvalue weighted by atomic mass is 32.2. The van der Waals surface area contributed by atoms with Gasteiger partial charge in [-0.05, 0) is 42.5 Å². The number of amides is 1. The molecule has 3 aromatic rings. The number of nitrogens with zero attached hydrogens (tertiary/aromatic N) is 1. The zero-order valence-corrected chi connectivity index (χ0v) is 17.6. The minimum Gasteiger partial charge on any atom is -0.497 e. The SMILES string of the molecule is COc1ccc(N2C(=O)/C(=C/c3ccc(-c4ccccc4C(F)(F)F)o3)SC2=S)cc1. The lowest BCUT2D eigenvalue weighted by atomic mass is 10.1. The van der Waals surface area contributed by atoms with E-state index in [9.17, 15) is 18.0 Å². The van der Waals surface area contributed by atoms with Crippen molar-refractivity contribution in [3.63, 3.8) is 0 Å². The predicted octanol–water partition coefficient (Wildman–Crippen LogP) is 6.38. The van der Waals surface area contributed by atoms with Crippen LogP contribution in [0.4, 0.5) is 18.9 Å². The van der Waals surface area contributed by atoms with Crippen LogP contribution in [-0.4, -0.2) is 17.3 Å². The van der Waals surface area contributed by atoms with E-state index < -0.39 is 11.7 Å². The van der Waals surface area contributed by atoms with E-state index in [2.05, 4.69) is 0 Å². The van der Waals surface area contributed by atoms with Crippen molar-refractivity contribution in [3.05, 3.63) is 76.9 Å². The van der Waals surface area contributed by atoms with Crippen LogP contribution in [0.1, 0.15) is 11.3 Å². The number of rotatable bonds is 4. The first-order valence-corrected chi connectivity index (χ1v) is 10.2. The number of benzene rings is 2. The maximum absolute atomic E-state index is 13.3. The molecule has 0 atom stereocenters. The highest BCUT2D eigenvalue weighted by Gasteiger charge is 2.35. The average molecular weight is 461 g/mol. The van der Waals surface area contributed by atoms with Crippen LogP contribution in [-0.2, 0) is 11.0 Å². The molecular weight excluding hydrogens is 447 g/mol. The second-order valence-electron chi connectivity index (χ2n) is 6.46. The van der Waals surface area contributed by atoms with Crippen molar-refractivity contribution in [1.29, 1.82) is 0 Å². The maximum atomic E-state index is 13.3. The van der Waals surface area contributed by atoms with Gasteiger partial charge in [0.1, 0.15) is 17.3 Å². The lowest BCUT2D eigenvalue weighted by Gasteiger charge is -2.14. The summed E-state index contributed by atoms with van der Waals surface area (Å²) in [6.07, 6.45) is -3.03. The lowest BCUT2D eigenvalue weighted by molar-refractivity contribution is -0.137. The molecule has 1 fully saturated rings. The Hall–Kier alpha value is -3.04. The minimum absolute atomic E-state index is 0.0600. The van der Waals surface area contributed by atoms with Crippen LogP contribution >= 0.6 is 24.0 Å². The molecule has 9 heteroatoms. The summed E-state index contributed by atoms with van der Waals surface area (Å²) >= 11 is 6.43. The van der Waals surface area contributed by atoms with Crippen molar-refractivity contribution in [1.82, 2.24) is 0 Å². The third-order valence-electron chi connectivity index (χ3n) is 4.52. The van der Waals surface area contributed by atoms with Crippen molar-refractivity contribution >= 4 is 46.0 Å². The maximum Gasteiger partial charge on any atom is 0.417 e. The zero-order chi connectivity index (χ0) is 22.2. The fourth-order valence-corrected chi connectivity index (χ4v) is 4.35. The Labute approximate surface area is 185 Å². The molecule has 0 spiro atoms. The van der Waals surface area contributed by atoms with Crippen LogP contribution in [0, 0.1) is 0 Å². The molecule has 0 bridgehead atoms. The van der Waals surface area contributed by atoms with Gasteiger partial charge in [0.05, 0.1) is 23.3 Å².